The Morgan fingerprint density at radius 2 is 1.50 bits per heavy atom. The van der Waals surface area contributed by atoms with Crippen LogP contribution in [0.3, 0.4) is 0 Å². The summed E-state index contributed by atoms with van der Waals surface area (Å²) >= 11 is 0. The minimum Gasteiger partial charge on any atom is -0.460 e. The van der Waals surface area contributed by atoms with Gasteiger partial charge in [-0.1, -0.05) is 17.7 Å². The van der Waals surface area contributed by atoms with E-state index in [1.807, 2.05) is 6.92 Å². The lowest BCUT2D eigenvalue weighted by atomic mass is 10.1. The molecule has 0 heterocycles. The molecule has 30 heavy (non-hydrogen) atoms. The highest BCUT2D eigenvalue weighted by atomic mass is 32.2. The van der Waals surface area contributed by atoms with E-state index in [-0.39, 0.29) is 24.3 Å². The summed E-state index contributed by atoms with van der Waals surface area (Å²) in [7, 11) is -4.02. The molecule has 1 aromatic carbocycles. The number of esters is 1. The Labute approximate surface area is 179 Å². The van der Waals surface area contributed by atoms with Crippen molar-refractivity contribution in [3.8, 4) is 0 Å². The maximum Gasteiger partial charge on any atom is 0.407 e. The van der Waals surface area contributed by atoms with Crippen LogP contribution in [0.2, 0.25) is 0 Å². The van der Waals surface area contributed by atoms with Crippen LogP contribution in [0.4, 0.5) is 4.79 Å². The van der Waals surface area contributed by atoms with Crippen molar-refractivity contribution in [2.45, 2.75) is 83.4 Å². The number of nitrogens with one attached hydrogen (secondary N) is 1. The molecule has 8 nitrogen and oxygen atoms in total. The summed E-state index contributed by atoms with van der Waals surface area (Å²) in [5.74, 6) is -0.458. The molecule has 0 aliphatic carbocycles. The molecule has 0 radical (unpaired) electrons. The van der Waals surface area contributed by atoms with Gasteiger partial charge in [0.15, 0.2) is 0 Å². The van der Waals surface area contributed by atoms with E-state index in [0.717, 1.165) is 5.56 Å². The molecule has 0 bridgehead atoms. The highest BCUT2D eigenvalue weighted by Gasteiger charge is 2.24. The minimum absolute atomic E-state index is 0.0104. The number of hydrogen-bond donors (Lipinski definition) is 1. The van der Waals surface area contributed by atoms with E-state index in [4.69, 9.17) is 13.7 Å². The van der Waals surface area contributed by atoms with Crippen LogP contribution in [0.5, 0.6) is 0 Å². The summed E-state index contributed by atoms with van der Waals surface area (Å²) in [5.41, 5.74) is -0.457. The topological polar surface area (TPSA) is 108 Å². The average Bonchev–Trinajstić information content (AvgIpc) is 2.54. The average molecular weight is 444 g/mol. The van der Waals surface area contributed by atoms with E-state index in [2.05, 4.69) is 5.32 Å². The van der Waals surface area contributed by atoms with Crippen molar-refractivity contribution in [3.63, 3.8) is 0 Å². The van der Waals surface area contributed by atoms with Gasteiger partial charge in [-0.05, 0) is 67.0 Å². The molecule has 1 rings (SSSR count). The molecular weight excluding hydrogens is 410 g/mol. The molecule has 1 amide bonds. The molecule has 1 unspecified atom stereocenters. The second-order valence-electron chi connectivity index (χ2n) is 9.02. The van der Waals surface area contributed by atoms with Gasteiger partial charge in [-0.2, -0.15) is 8.42 Å². The molecule has 0 aliphatic rings. The third kappa shape index (κ3) is 10.6. The van der Waals surface area contributed by atoms with Gasteiger partial charge in [0.05, 0.1) is 17.5 Å². The van der Waals surface area contributed by atoms with E-state index < -0.39 is 39.4 Å². The molecule has 0 fully saturated rings. The Bertz CT molecular complexity index is 818. The van der Waals surface area contributed by atoms with E-state index in [0.29, 0.717) is 0 Å². The maximum atomic E-state index is 12.4. The molecule has 0 aromatic heterocycles. The Morgan fingerprint density at radius 1 is 0.967 bits per heavy atom. The summed E-state index contributed by atoms with van der Waals surface area (Å²) in [5, 5.41) is 2.57. The van der Waals surface area contributed by atoms with E-state index in [1.54, 1.807) is 53.7 Å². The number of amides is 1. The number of aryl methyl sites for hydroxylation is 1. The minimum atomic E-state index is -4.02. The SMILES string of the molecule is Cc1ccc(S(=O)(=O)OCC(CCC(=O)OC(C)(C)C)NC(=O)OC(C)(C)C)cc1. The molecule has 1 atom stereocenters. The zero-order valence-electron chi connectivity index (χ0n) is 18.8. The largest absolute Gasteiger partial charge is 0.460 e. The van der Waals surface area contributed by atoms with Gasteiger partial charge >= 0.3 is 12.1 Å². The van der Waals surface area contributed by atoms with Gasteiger partial charge in [0.1, 0.15) is 11.2 Å². The van der Waals surface area contributed by atoms with Crippen molar-refractivity contribution < 1.29 is 31.7 Å². The first-order chi connectivity index (χ1) is 13.6. The summed E-state index contributed by atoms with van der Waals surface area (Å²) in [4.78, 5) is 24.1. The smallest absolute Gasteiger partial charge is 0.407 e. The van der Waals surface area contributed by atoms with Crippen molar-refractivity contribution in [3.05, 3.63) is 29.8 Å². The second kappa shape index (κ2) is 10.3. The molecule has 1 aromatic rings. The van der Waals surface area contributed by atoms with Gasteiger partial charge in [0.2, 0.25) is 0 Å². The molecule has 9 heteroatoms. The lowest BCUT2D eigenvalue weighted by Crippen LogP contribution is -2.42. The number of benzene rings is 1. The third-order valence-electron chi connectivity index (χ3n) is 3.57. The number of alkyl carbamates (subject to hydrolysis) is 1. The van der Waals surface area contributed by atoms with Gasteiger partial charge in [0, 0.05) is 6.42 Å². The fourth-order valence-corrected chi connectivity index (χ4v) is 3.25. The van der Waals surface area contributed by atoms with Gasteiger partial charge in [0.25, 0.3) is 10.1 Å². The number of rotatable bonds is 8. The lowest BCUT2D eigenvalue weighted by molar-refractivity contribution is -0.155. The molecule has 0 saturated heterocycles. The quantitative estimate of drug-likeness (QED) is 0.482. The molecule has 1 N–H and O–H groups in total. The van der Waals surface area contributed by atoms with Crippen LogP contribution in [-0.4, -0.2) is 44.3 Å². The number of carbonyl (C=O) groups excluding carboxylic acids is 2. The highest BCUT2D eigenvalue weighted by molar-refractivity contribution is 7.86. The first kappa shape index (κ1) is 25.9. The zero-order chi connectivity index (χ0) is 23.2. The molecule has 0 aliphatic heterocycles. The number of ether oxygens (including phenoxy) is 2. The fraction of sp³-hybridized carbons (Fsp3) is 0.619. The van der Waals surface area contributed by atoms with Crippen LogP contribution in [0.1, 0.15) is 59.9 Å². The summed E-state index contributed by atoms with van der Waals surface area (Å²) in [6, 6.07) is 5.45. The number of hydrogen-bond acceptors (Lipinski definition) is 7. The Hall–Kier alpha value is -2.13. The predicted molar refractivity (Wildman–Crippen MR) is 113 cm³/mol. The third-order valence-corrected chi connectivity index (χ3v) is 4.87. The van der Waals surface area contributed by atoms with Crippen LogP contribution >= 0.6 is 0 Å². The van der Waals surface area contributed by atoms with E-state index >= 15 is 0 Å². The first-order valence-corrected chi connectivity index (χ1v) is 11.2. The Kier molecular flexibility index (Phi) is 8.86. The van der Waals surface area contributed by atoms with Crippen LogP contribution in [0.25, 0.3) is 0 Å². The Morgan fingerprint density at radius 3 is 2.00 bits per heavy atom. The van der Waals surface area contributed by atoms with Crippen molar-refractivity contribution in [1.29, 1.82) is 0 Å². The van der Waals surface area contributed by atoms with E-state index in [9.17, 15) is 18.0 Å². The molecule has 0 saturated carbocycles. The van der Waals surface area contributed by atoms with Crippen molar-refractivity contribution in [1.82, 2.24) is 5.32 Å². The van der Waals surface area contributed by atoms with Gasteiger partial charge in [-0.15, -0.1) is 0 Å². The summed E-state index contributed by atoms with van der Waals surface area (Å²) in [6.45, 7) is 11.9. The highest BCUT2D eigenvalue weighted by Crippen LogP contribution is 2.16. The fourth-order valence-electron chi connectivity index (χ4n) is 2.30. The molecule has 0 spiro atoms. The lowest BCUT2D eigenvalue weighted by Gasteiger charge is -2.24. The van der Waals surface area contributed by atoms with Crippen LogP contribution in [-0.2, 0) is 28.6 Å². The van der Waals surface area contributed by atoms with Crippen molar-refractivity contribution in [2.24, 2.45) is 0 Å². The molecular formula is C21H33NO7S. The maximum absolute atomic E-state index is 12.4. The van der Waals surface area contributed by atoms with Crippen LogP contribution < -0.4 is 5.32 Å². The van der Waals surface area contributed by atoms with Crippen molar-refractivity contribution >= 4 is 22.2 Å². The second-order valence-corrected chi connectivity index (χ2v) is 10.6. The van der Waals surface area contributed by atoms with E-state index in [1.165, 1.54) is 12.1 Å². The van der Waals surface area contributed by atoms with Gasteiger partial charge in [-0.3, -0.25) is 8.98 Å². The monoisotopic (exact) mass is 443 g/mol. The standard InChI is InChI=1S/C21H33NO7S/c1-15-8-11-17(12-9-15)30(25,26)27-14-16(22-19(24)29-21(5,6)7)10-13-18(23)28-20(2,3)4/h8-9,11-12,16H,10,13-14H2,1-7H3,(H,22,24). The first-order valence-electron chi connectivity index (χ1n) is 9.75. The number of carbonyl (C=O) groups is 2. The summed E-state index contributed by atoms with van der Waals surface area (Å²) < 4.78 is 40.5. The zero-order valence-corrected chi connectivity index (χ0v) is 19.6. The van der Waals surface area contributed by atoms with Crippen molar-refractivity contribution in [2.75, 3.05) is 6.61 Å². The van der Waals surface area contributed by atoms with Crippen LogP contribution in [0, 0.1) is 6.92 Å². The Balaban J connectivity index is 2.82. The normalized spacial score (nSPS) is 13.4. The van der Waals surface area contributed by atoms with Crippen LogP contribution in [0.15, 0.2) is 29.2 Å². The van der Waals surface area contributed by atoms with Gasteiger partial charge < -0.3 is 14.8 Å². The summed E-state index contributed by atoms with van der Waals surface area (Å²) in [6.07, 6.45) is -0.628. The molecule has 170 valence electrons. The predicted octanol–water partition coefficient (Wildman–Crippen LogP) is 3.72. The van der Waals surface area contributed by atoms with Gasteiger partial charge in [-0.25, -0.2) is 4.79 Å².